The lowest BCUT2D eigenvalue weighted by Crippen LogP contribution is -2.24. The van der Waals surface area contributed by atoms with Crippen LogP contribution in [-0.2, 0) is 0 Å². The number of halogens is 1. The molecule has 0 amide bonds. The molecule has 4 aromatic rings. The fourth-order valence-corrected chi connectivity index (χ4v) is 3.58. The highest BCUT2D eigenvalue weighted by molar-refractivity contribution is 5.61. The first-order chi connectivity index (χ1) is 15.4. The van der Waals surface area contributed by atoms with Gasteiger partial charge >= 0.3 is 0 Å². The Morgan fingerprint density at radius 3 is 2.41 bits per heavy atom. The fraction of sp³-hybridized carbons (Fsp3) is 0.250. The Morgan fingerprint density at radius 2 is 1.78 bits per heavy atom. The van der Waals surface area contributed by atoms with Crippen LogP contribution in [0, 0.1) is 19.7 Å². The topological polar surface area (TPSA) is 69.0 Å². The van der Waals surface area contributed by atoms with Crippen LogP contribution in [0.3, 0.4) is 0 Å². The molecule has 0 aliphatic carbocycles. The monoisotopic (exact) mass is 432 g/mol. The number of hydrogen-bond donors (Lipinski definition) is 0. The zero-order valence-corrected chi connectivity index (χ0v) is 18.7. The Kier molecular flexibility index (Phi) is 5.85. The Morgan fingerprint density at radius 1 is 1.03 bits per heavy atom. The van der Waals surface area contributed by atoms with Gasteiger partial charge in [-0.15, -0.1) is 10.2 Å². The van der Waals surface area contributed by atoms with Crippen LogP contribution in [0.5, 0.6) is 5.88 Å². The van der Waals surface area contributed by atoms with Gasteiger partial charge in [0, 0.05) is 13.2 Å². The predicted octanol–water partition coefficient (Wildman–Crippen LogP) is 4.69. The number of methoxy groups -OCH3 is 1. The van der Waals surface area contributed by atoms with Crippen molar-refractivity contribution in [3.05, 3.63) is 77.6 Å². The zero-order chi connectivity index (χ0) is 22.8. The third-order valence-corrected chi connectivity index (χ3v) is 5.51. The van der Waals surface area contributed by atoms with Gasteiger partial charge in [-0.3, -0.25) is 0 Å². The second-order valence-electron chi connectivity index (χ2n) is 7.72. The van der Waals surface area contributed by atoms with Crippen molar-refractivity contribution in [2.75, 3.05) is 19.1 Å². The maximum atomic E-state index is 13.3. The summed E-state index contributed by atoms with van der Waals surface area (Å²) in [6.07, 6.45) is 3.64. The summed E-state index contributed by atoms with van der Waals surface area (Å²) in [5, 5.41) is 8.88. The Hall–Kier alpha value is -3.81. The summed E-state index contributed by atoms with van der Waals surface area (Å²) in [5.41, 5.74) is 4.98. The lowest BCUT2D eigenvalue weighted by molar-refractivity contribution is 0.396. The zero-order valence-electron chi connectivity index (χ0n) is 18.7. The molecule has 3 aromatic heterocycles. The molecule has 1 aromatic carbocycles. The van der Waals surface area contributed by atoms with Crippen molar-refractivity contribution >= 4 is 5.82 Å². The molecule has 3 heterocycles. The third kappa shape index (κ3) is 4.16. The van der Waals surface area contributed by atoms with Gasteiger partial charge in [-0.1, -0.05) is 12.1 Å². The van der Waals surface area contributed by atoms with E-state index < -0.39 is 0 Å². The van der Waals surface area contributed by atoms with Crippen LogP contribution in [0.2, 0.25) is 0 Å². The van der Waals surface area contributed by atoms with Gasteiger partial charge in [-0.05, 0) is 62.2 Å². The normalized spacial score (nSPS) is 11.9. The standard InChI is InChI=1S/C24H25FN6O/c1-15-12-21(20-10-11-22(24(27-20)32-5)31-13-16(2)26-14-31)28-29-23(15)30(4)17(3)18-6-8-19(25)9-7-18/h6-14,17H,1-5H3/t17-/m0/s1. The van der Waals surface area contributed by atoms with Gasteiger partial charge < -0.3 is 14.2 Å². The average Bonchev–Trinajstić information content (AvgIpc) is 3.24. The van der Waals surface area contributed by atoms with Gasteiger partial charge in [-0.25, -0.2) is 14.4 Å². The van der Waals surface area contributed by atoms with Crippen molar-refractivity contribution < 1.29 is 9.13 Å². The second kappa shape index (κ2) is 8.74. The number of hydrogen-bond acceptors (Lipinski definition) is 6. The first-order valence-electron chi connectivity index (χ1n) is 10.3. The van der Waals surface area contributed by atoms with E-state index in [2.05, 4.69) is 20.2 Å². The minimum atomic E-state index is -0.249. The molecule has 164 valence electrons. The predicted molar refractivity (Wildman–Crippen MR) is 122 cm³/mol. The molecule has 0 saturated heterocycles. The number of aryl methyl sites for hydroxylation is 2. The maximum Gasteiger partial charge on any atom is 0.238 e. The molecule has 7 nitrogen and oxygen atoms in total. The molecule has 0 bridgehead atoms. The molecule has 0 aliphatic heterocycles. The fourth-order valence-electron chi connectivity index (χ4n) is 3.58. The van der Waals surface area contributed by atoms with Crippen molar-refractivity contribution in [3.63, 3.8) is 0 Å². The summed E-state index contributed by atoms with van der Waals surface area (Å²) in [6.45, 7) is 5.96. The van der Waals surface area contributed by atoms with Crippen molar-refractivity contribution in [1.29, 1.82) is 0 Å². The number of rotatable bonds is 6. The van der Waals surface area contributed by atoms with Gasteiger partial charge in [-0.2, -0.15) is 0 Å². The molecule has 0 fully saturated rings. The van der Waals surface area contributed by atoms with Crippen LogP contribution in [-0.4, -0.2) is 38.9 Å². The Balaban J connectivity index is 1.62. The van der Waals surface area contributed by atoms with Crippen LogP contribution in [0.1, 0.15) is 29.8 Å². The molecule has 0 aliphatic rings. The molecular formula is C24H25FN6O. The van der Waals surface area contributed by atoms with Gasteiger partial charge in [0.05, 0.1) is 30.9 Å². The summed E-state index contributed by atoms with van der Waals surface area (Å²) < 4.78 is 20.6. The van der Waals surface area contributed by atoms with E-state index in [1.54, 1.807) is 25.6 Å². The lowest BCUT2D eigenvalue weighted by Gasteiger charge is -2.27. The number of benzene rings is 1. The van der Waals surface area contributed by atoms with Crippen LogP contribution in [0.4, 0.5) is 10.2 Å². The first-order valence-corrected chi connectivity index (χ1v) is 10.3. The van der Waals surface area contributed by atoms with E-state index in [4.69, 9.17) is 4.74 Å². The highest BCUT2D eigenvalue weighted by Crippen LogP contribution is 2.29. The van der Waals surface area contributed by atoms with Crippen LogP contribution >= 0.6 is 0 Å². The summed E-state index contributed by atoms with van der Waals surface area (Å²) in [6, 6.07) is 12.3. The van der Waals surface area contributed by atoms with Crippen molar-refractivity contribution in [1.82, 2.24) is 24.7 Å². The van der Waals surface area contributed by atoms with Crippen molar-refractivity contribution in [2.45, 2.75) is 26.8 Å². The number of aromatic nitrogens is 5. The van der Waals surface area contributed by atoms with E-state index in [0.29, 0.717) is 17.3 Å². The van der Waals surface area contributed by atoms with Crippen LogP contribution < -0.4 is 9.64 Å². The van der Waals surface area contributed by atoms with Gasteiger partial charge in [0.15, 0.2) is 5.82 Å². The molecule has 0 saturated carbocycles. The van der Waals surface area contributed by atoms with Crippen LogP contribution in [0.25, 0.3) is 17.1 Å². The highest BCUT2D eigenvalue weighted by atomic mass is 19.1. The summed E-state index contributed by atoms with van der Waals surface area (Å²) in [5.74, 6) is 0.981. The minimum Gasteiger partial charge on any atom is -0.479 e. The van der Waals surface area contributed by atoms with Crippen LogP contribution in [0.15, 0.2) is 55.0 Å². The summed E-state index contributed by atoms with van der Waals surface area (Å²) >= 11 is 0. The van der Waals surface area contributed by atoms with Gasteiger partial charge in [0.1, 0.15) is 17.2 Å². The second-order valence-corrected chi connectivity index (χ2v) is 7.72. The van der Waals surface area contributed by atoms with E-state index in [0.717, 1.165) is 28.3 Å². The molecule has 32 heavy (non-hydrogen) atoms. The third-order valence-electron chi connectivity index (χ3n) is 5.51. The highest BCUT2D eigenvalue weighted by Gasteiger charge is 2.18. The number of nitrogens with zero attached hydrogens (tertiary/aromatic N) is 6. The molecule has 0 N–H and O–H groups in total. The number of anilines is 1. The molecule has 8 heteroatoms. The smallest absolute Gasteiger partial charge is 0.238 e. The molecule has 4 rings (SSSR count). The van der Waals surface area contributed by atoms with Gasteiger partial charge in [0.2, 0.25) is 5.88 Å². The quantitative estimate of drug-likeness (QED) is 0.440. The van der Waals surface area contributed by atoms with E-state index in [-0.39, 0.29) is 11.9 Å². The Bertz CT molecular complexity index is 1240. The average molecular weight is 433 g/mol. The maximum absolute atomic E-state index is 13.3. The van der Waals surface area contributed by atoms with E-state index in [9.17, 15) is 4.39 Å². The molecule has 1 atom stereocenters. The first kappa shape index (κ1) is 21.4. The molecular weight excluding hydrogens is 407 g/mol. The molecule has 0 radical (unpaired) electrons. The number of ether oxygens (including phenoxy) is 1. The number of imidazole rings is 1. The summed E-state index contributed by atoms with van der Waals surface area (Å²) in [4.78, 5) is 10.9. The molecule has 0 spiro atoms. The van der Waals surface area contributed by atoms with E-state index in [1.165, 1.54) is 12.1 Å². The SMILES string of the molecule is COc1nc(-c2cc(C)c(N(C)[C@@H](C)c3ccc(F)cc3)nn2)ccc1-n1cnc(C)c1. The number of pyridine rings is 1. The van der Waals surface area contributed by atoms with E-state index >= 15 is 0 Å². The largest absolute Gasteiger partial charge is 0.479 e. The van der Waals surface area contributed by atoms with E-state index in [1.807, 2.05) is 61.7 Å². The van der Waals surface area contributed by atoms with Crippen molar-refractivity contribution in [3.8, 4) is 23.0 Å². The van der Waals surface area contributed by atoms with Gasteiger partial charge in [0.25, 0.3) is 0 Å². The lowest BCUT2D eigenvalue weighted by atomic mass is 10.1. The Labute approximate surface area is 186 Å². The molecule has 0 unspecified atom stereocenters. The summed E-state index contributed by atoms with van der Waals surface area (Å²) in [7, 11) is 3.54. The van der Waals surface area contributed by atoms with Crippen molar-refractivity contribution in [2.24, 2.45) is 0 Å². The minimum absolute atomic E-state index is 0.00518.